The maximum atomic E-state index is 11.0. The molecular formula is C15H18OS. The second-order valence-electron chi connectivity index (χ2n) is 5.19. The monoisotopic (exact) mass is 246 g/mol. The topological polar surface area (TPSA) is 20.2 Å². The third-order valence-corrected chi connectivity index (χ3v) is 5.58. The van der Waals surface area contributed by atoms with E-state index in [9.17, 15) is 5.11 Å². The maximum Gasteiger partial charge on any atom is 0.0923 e. The number of fused-ring (bicyclic) bond motifs is 2. The average molecular weight is 246 g/mol. The highest BCUT2D eigenvalue weighted by Crippen LogP contribution is 2.51. The van der Waals surface area contributed by atoms with Crippen LogP contribution in [0, 0.1) is 0 Å². The fraction of sp³-hybridized carbons (Fsp3) is 0.467. The summed E-state index contributed by atoms with van der Waals surface area (Å²) in [6.07, 6.45) is 6.21. The summed E-state index contributed by atoms with van der Waals surface area (Å²) in [7, 11) is 0. The summed E-state index contributed by atoms with van der Waals surface area (Å²) in [4.78, 5) is 0. The molecule has 17 heavy (non-hydrogen) atoms. The summed E-state index contributed by atoms with van der Waals surface area (Å²) < 4.78 is 0. The SMILES string of the molecule is C=Cc1ccccc1C1(O)CC2CCC(C1)S2. The van der Waals surface area contributed by atoms with Gasteiger partial charge >= 0.3 is 0 Å². The highest BCUT2D eigenvalue weighted by molar-refractivity contribution is 8.00. The molecule has 1 aromatic rings. The molecule has 0 aliphatic carbocycles. The van der Waals surface area contributed by atoms with E-state index in [4.69, 9.17) is 0 Å². The Labute approximate surface area is 107 Å². The fourth-order valence-electron chi connectivity index (χ4n) is 3.24. The summed E-state index contributed by atoms with van der Waals surface area (Å²) in [5.74, 6) is 0. The fourth-order valence-corrected chi connectivity index (χ4v) is 5.07. The van der Waals surface area contributed by atoms with E-state index >= 15 is 0 Å². The Bertz CT molecular complexity index is 428. The summed E-state index contributed by atoms with van der Waals surface area (Å²) >= 11 is 2.08. The molecule has 2 saturated heterocycles. The first-order chi connectivity index (χ1) is 8.21. The molecule has 0 amide bonds. The van der Waals surface area contributed by atoms with Gasteiger partial charge in [0.15, 0.2) is 0 Å². The van der Waals surface area contributed by atoms with E-state index in [2.05, 4.69) is 24.4 Å². The largest absolute Gasteiger partial charge is 0.385 e. The number of aliphatic hydroxyl groups is 1. The van der Waals surface area contributed by atoms with E-state index in [-0.39, 0.29) is 0 Å². The van der Waals surface area contributed by atoms with Crippen LogP contribution in [0.15, 0.2) is 30.8 Å². The highest BCUT2D eigenvalue weighted by atomic mass is 32.2. The third kappa shape index (κ3) is 1.94. The quantitative estimate of drug-likeness (QED) is 0.860. The Morgan fingerprint density at radius 2 is 1.88 bits per heavy atom. The average Bonchev–Trinajstić information content (AvgIpc) is 2.69. The van der Waals surface area contributed by atoms with E-state index in [0.717, 1.165) is 24.0 Å². The van der Waals surface area contributed by atoms with Gasteiger partial charge in [0.2, 0.25) is 0 Å². The molecule has 2 heteroatoms. The Morgan fingerprint density at radius 3 is 2.53 bits per heavy atom. The van der Waals surface area contributed by atoms with Crippen LogP contribution >= 0.6 is 11.8 Å². The van der Waals surface area contributed by atoms with Gasteiger partial charge in [-0.1, -0.05) is 36.9 Å². The van der Waals surface area contributed by atoms with Gasteiger partial charge in [0.1, 0.15) is 0 Å². The normalized spacial score (nSPS) is 35.8. The lowest BCUT2D eigenvalue weighted by molar-refractivity contribution is 0.0194. The summed E-state index contributed by atoms with van der Waals surface area (Å²) in [6, 6.07) is 8.14. The lowest BCUT2D eigenvalue weighted by Crippen LogP contribution is -2.35. The molecule has 0 saturated carbocycles. The van der Waals surface area contributed by atoms with Crippen molar-refractivity contribution in [1.82, 2.24) is 0 Å². The summed E-state index contributed by atoms with van der Waals surface area (Å²) in [6.45, 7) is 3.85. The van der Waals surface area contributed by atoms with Crippen molar-refractivity contribution in [3.8, 4) is 0 Å². The zero-order valence-electron chi connectivity index (χ0n) is 9.93. The van der Waals surface area contributed by atoms with Crippen molar-refractivity contribution in [3.05, 3.63) is 42.0 Å². The van der Waals surface area contributed by atoms with E-state index in [1.165, 1.54) is 12.8 Å². The van der Waals surface area contributed by atoms with Crippen LogP contribution in [-0.2, 0) is 5.60 Å². The predicted molar refractivity (Wildman–Crippen MR) is 74.1 cm³/mol. The van der Waals surface area contributed by atoms with Crippen LogP contribution in [0.5, 0.6) is 0 Å². The second kappa shape index (κ2) is 4.18. The smallest absolute Gasteiger partial charge is 0.0923 e. The van der Waals surface area contributed by atoms with Crippen molar-refractivity contribution in [3.63, 3.8) is 0 Å². The zero-order chi connectivity index (χ0) is 11.9. The van der Waals surface area contributed by atoms with Crippen LogP contribution in [0.1, 0.15) is 36.8 Å². The Balaban J connectivity index is 1.99. The second-order valence-corrected chi connectivity index (χ2v) is 6.79. The minimum atomic E-state index is -0.623. The molecule has 1 nitrogen and oxygen atoms in total. The Hall–Kier alpha value is -0.730. The number of rotatable bonds is 2. The van der Waals surface area contributed by atoms with Gasteiger partial charge in [0.25, 0.3) is 0 Å². The minimum Gasteiger partial charge on any atom is -0.385 e. The van der Waals surface area contributed by atoms with Crippen LogP contribution in [-0.4, -0.2) is 15.6 Å². The molecular weight excluding hydrogens is 228 g/mol. The van der Waals surface area contributed by atoms with Crippen molar-refractivity contribution in [2.75, 3.05) is 0 Å². The molecule has 1 aromatic carbocycles. The molecule has 2 bridgehead atoms. The molecule has 2 unspecified atom stereocenters. The number of thioether (sulfide) groups is 1. The summed E-state index contributed by atoms with van der Waals surface area (Å²) in [5, 5.41) is 12.3. The van der Waals surface area contributed by atoms with Gasteiger partial charge in [-0.2, -0.15) is 11.8 Å². The minimum absolute atomic E-state index is 0.623. The van der Waals surface area contributed by atoms with Crippen LogP contribution in [0.2, 0.25) is 0 Å². The molecule has 2 heterocycles. The van der Waals surface area contributed by atoms with Crippen molar-refractivity contribution in [2.24, 2.45) is 0 Å². The molecule has 0 radical (unpaired) electrons. The lowest BCUT2D eigenvalue weighted by Gasteiger charge is -2.37. The van der Waals surface area contributed by atoms with E-state index in [0.29, 0.717) is 10.5 Å². The van der Waals surface area contributed by atoms with Gasteiger partial charge in [-0.15, -0.1) is 0 Å². The van der Waals surface area contributed by atoms with Gasteiger partial charge in [0, 0.05) is 10.5 Å². The first kappa shape index (κ1) is 11.4. The molecule has 90 valence electrons. The number of hydrogen-bond acceptors (Lipinski definition) is 2. The van der Waals surface area contributed by atoms with Crippen molar-refractivity contribution in [2.45, 2.75) is 41.8 Å². The predicted octanol–water partition coefficient (Wildman–Crippen LogP) is 3.58. The molecule has 2 fully saturated rings. The first-order valence-electron chi connectivity index (χ1n) is 6.31. The zero-order valence-corrected chi connectivity index (χ0v) is 10.7. The molecule has 0 aromatic heterocycles. The molecule has 1 N–H and O–H groups in total. The molecule has 2 atom stereocenters. The number of hydrogen-bond donors (Lipinski definition) is 1. The molecule has 3 rings (SSSR count). The van der Waals surface area contributed by atoms with Gasteiger partial charge < -0.3 is 5.11 Å². The van der Waals surface area contributed by atoms with Crippen molar-refractivity contribution >= 4 is 17.8 Å². The molecule has 0 spiro atoms. The molecule has 2 aliphatic heterocycles. The Kier molecular flexibility index (Phi) is 2.80. The van der Waals surface area contributed by atoms with Gasteiger partial charge in [-0.3, -0.25) is 0 Å². The van der Waals surface area contributed by atoms with Gasteiger partial charge in [0.05, 0.1) is 5.60 Å². The number of benzene rings is 1. The first-order valence-corrected chi connectivity index (χ1v) is 7.25. The standard InChI is InChI=1S/C15H18OS/c1-2-11-5-3-4-6-14(11)15(16)9-12-7-8-13(10-15)17-12/h2-6,12-13,16H,1,7-10H2. The van der Waals surface area contributed by atoms with E-state index < -0.39 is 5.60 Å². The lowest BCUT2D eigenvalue weighted by atomic mass is 9.83. The van der Waals surface area contributed by atoms with Crippen LogP contribution in [0.4, 0.5) is 0 Å². The van der Waals surface area contributed by atoms with E-state index in [1.807, 2.05) is 24.3 Å². The third-order valence-electron chi connectivity index (χ3n) is 4.01. The maximum absolute atomic E-state index is 11.0. The molecule has 2 aliphatic rings. The van der Waals surface area contributed by atoms with Crippen LogP contribution in [0.25, 0.3) is 6.08 Å². The van der Waals surface area contributed by atoms with Gasteiger partial charge in [-0.05, 0) is 36.8 Å². The summed E-state index contributed by atoms with van der Waals surface area (Å²) in [5.41, 5.74) is 1.54. The van der Waals surface area contributed by atoms with Crippen molar-refractivity contribution < 1.29 is 5.11 Å². The van der Waals surface area contributed by atoms with Crippen LogP contribution in [0.3, 0.4) is 0 Å². The van der Waals surface area contributed by atoms with Crippen LogP contribution < -0.4 is 0 Å². The Morgan fingerprint density at radius 1 is 1.24 bits per heavy atom. The van der Waals surface area contributed by atoms with Gasteiger partial charge in [-0.25, -0.2) is 0 Å². The van der Waals surface area contributed by atoms with Crippen molar-refractivity contribution in [1.29, 1.82) is 0 Å². The van der Waals surface area contributed by atoms with E-state index in [1.54, 1.807) is 0 Å². The highest BCUT2D eigenvalue weighted by Gasteiger charge is 2.44.